The first-order valence-corrected chi connectivity index (χ1v) is 14.5. The molecule has 13 heteroatoms. The third-order valence-electron chi connectivity index (χ3n) is 5.75. The van der Waals surface area contributed by atoms with E-state index in [9.17, 15) is 43.9 Å². The Balaban J connectivity index is 0.000000287. The average Bonchev–Trinajstić information content (AvgIpc) is 3.01. The Bertz CT molecular complexity index is 1510. The first-order valence-electron chi connectivity index (χ1n) is 12.7. The van der Waals surface area contributed by atoms with Gasteiger partial charge in [0.25, 0.3) is 0 Å². The van der Waals surface area contributed by atoms with Gasteiger partial charge in [-0.2, -0.15) is 0 Å². The number of halogens is 10. The molecule has 0 fully saturated rings. The predicted octanol–water partition coefficient (Wildman–Crippen LogP) is 11.1. The minimum absolute atomic E-state index is 0.0429. The summed E-state index contributed by atoms with van der Waals surface area (Å²) in [5.74, 6) is -23.5. The quantitative estimate of drug-likeness (QED) is 0.0658. The molecule has 4 rings (SSSR count). The molecule has 0 aliphatic rings. The fourth-order valence-corrected chi connectivity index (χ4v) is 4.52. The molecule has 0 saturated heterocycles. The van der Waals surface area contributed by atoms with Gasteiger partial charge in [0.2, 0.25) is 0 Å². The number of benzene rings is 4. The fourth-order valence-electron chi connectivity index (χ4n) is 3.23. The maximum Gasteiger partial charge on any atom is -0.0611 e. The molecule has 0 aliphatic heterocycles. The summed E-state index contributed by atoms with van der Waals surface area (Å²) in [5.41, 5.74) is -0.662. The molecule has 0 atom stereocenters. The topological polar surface area (TPSA) is 24.7 Å². The van der Waals surface area contributed by atoms with Crippen LogP contribution in [0.25, 0.3) is 0 Å². The predicted molar refractivity (Wildman–Crippen MR) is 146 cm³/mol. The van der Waals surface area contributed by atoms with Crippen molar-refractivity contribution in [2.24, 2.45) is 6.99 Å². The Morgan fingerprint density at radius 3 is 0.844 bits per heavy atom. The van der Waals surface area contributed by atoms with E-state index in [1.165, 1.54) is 11.1 Å². The zero-order chi connectivity index (χ0) is 34.3. The standard InChI is InChI=1S/2C10H13.2C6F5N.Mo/c2*1-10(2,3)9-7-5-4-6-8-9;2*7-1-2(8)4(10)6(12)5(11)3(1)9;/h2*4-8H,1H2,2-3H3;;;/q2*-1;;;+2. The summed E-state index contributed by atoms with van der Waals surface area (Å²) in [6.45, 7) is 16.5. The molecule has 4 aromatic carbocycles. The summed E-state index contributed by atoms with van der Waals surface area (Å²) in [4.78, 5) is 0. The molecule has 0 spiro atoms. The Labute approximate surface area is 262 Å². The molecular formula is C32H26F10MoN2. The first-order chi connectivity index (χ1) is 20.8. The fraction of sp³-hybridized carbons (Fsp3) is 0.188. The van der Waals surface area contributed by atoms with Gasteiger partial charge in [-0.1, -0.05) is 99.5 Å². The summed E-state index contributed by atoms with van der Waals surface area (Å²) in [6, 6.07) is 20.6. The van der Waals surface area contributed by atoms with Crippen molar-refractivity contribution in [3.05, 3.63) is 144 Å². The minimum Gasteiger partial charge on any atom is -0.333 e. The number of hydrogen-bond acceptors (Lipinski definition) is 2. The van der Waals surface area contributed by atoms with Crippen molar-refractivity contribution in [3.8, 4) is 0 Å². The molecule has 0 aromatic heterocycles. The number of hydrogen-bond donors (Lipinski definition) is 0. The van der Waals surface area contributed by atoms with Gasteiger partial charge in [-0.15, -0.1) is 10.8 Å². The van der Waals surface area contributed by atoms with E-state index >= 15 is 0 Å². The van der Waals surface area contributed by atoms with Gasteiger partial charge in [0, 0.05) is 0 Å². The van der Waals surface area contributed by atoms with E-state index in [4.69, 9.17) is 0 Å². The summed E-state index contributed by atoms with van der Waals surface area (Å²) in [6.07, 6.45) is 0. The van der Waals surface area contributed by atoms with Gasteiger partial charge >= 0.3 is 139 Å². The van der Waals surface area contributed by atoms with Crippen LogP contribution in [-0.4, -0.2) is 0 Å². The van der Waals surface area contributed by atoms with Gasteiger partial charge in [-0.25, -0.2) is 0 Å². The van der Waals surface area contributed by atoms with Gasteiger partial charge in [0.15, 0.2) is 0 Å². The van der Waals surface area contributed by atoms with Crippen LogP contribution in [0.2, 0.25) is 0 Å². The van der Waals surface area contributed by atoms with Crippen LogP contribution in [0.5, 0.6) is 0 Å². The third-order valence-corrected chi connectivity index (χ3v) is 7.05. The Hall–Kier alpha value is -3.53. The van der Waals surface area contributed by atoms with Crippen molar-refractivity contribution in [2.45, 2.75) is 38.5 Å². The van der Waals surface area contributed by atoms with E-state index in [1.807, 2.05) is 36.4 Å². The summed E-state index contributed by atoms with van der Waals surface area (Å²) in [5, 5.41) is 0. The molecule has 45 heavy (non-hydrogen) atoms. The molecule has 0 unspecified atom stereocenters. The van der Waals surface area contributed by atoms with Gasteiger partial charge in [0.05, 0.1) is 0 Å². The van der Waals surface area contributed by atoms with Crippen LogP contribution in [0.4, 0.5) is 55.3 Å². The zero-order valence-corrected chi connectivity index (χ0v) is 26.3. The normalized spacial score (nSPS) is 11.0. The van der Waals surface area contributed by atoms with Gasteiger partial charge in [-0.05, 0) is 0 Å². The van der Waals surface area contributed by atoms with Crippen molar-refractivity contribution in [3.63, 3.8) is 0 Å². The second-order valence-corrected chi connectivity index (χ2v) is 11.9. The third kappa shape index (κ3) is 9.73. The summed E-state index contributed by atoms with van der Waals surface area (Å²) >= 11 is -2.69. The SMILES string of the molecule is Fc1c(F)c(F)c([N]=[Mo+2]=[N]c2c(F)c(F)c(F)c(F)c2F)c(F)c1F.[CH2-]C(C)(C)c1ccccc1.[CH2-]C(C)(C)c1ccccc1. The van der Waals surface area contributed by atoms with E-state index in [-0.39, 0.29) is 10.8 Å². The molecule has 0 saturated carbocycles. The molecule has 0 bridgehead atoms. The van der Waals surface area contributed by atoms with Crippen molar-refractivity contribution >= 4 is 11.4 Å². The molecule has 0 radical (unpaired) electrons. The second kappa shape index (κ2) is 15.6. The van der Waals surface area contributed by atoms with E-state index in [2.05, 4.69) is 72.8 Å². The van der Waals surface area contributed by atoms with Crippen LogP contribution < -0.4 is 0 Å². The molecule has 0 amide bonds. The van der Waals surface area contributed by atoms with E-state index in [0.29, 0.717) is 0 Å². The number of nitrogens with zero attached hydrogens (tertiary/aromatic N) is 2. The van der Waals surface area contributed by atoms with Crippen LogP contribution in [0, 0.1) is 72.0 Å². The van der Waals surface area contributed by atoms with Crippen LogP contribution >= 0.6 is 0 Å². The summed E-state index contributed by atoms with van der Waals surface area (Å²) in [7, 11) is 0. The van der Waals surface area contributed by atoms with E-state index in [0.717, 1.165) is 0 Å². The molecule has 0 heterocycles. The summed E-state index contributed by atoms with van der Waals surface area (Å²) < 4.78 is 136. The average molecular weight is 724 g/mol. The Kier molecular flexibility index (Phi) is 13.1. The molecule has 0 N–H and O–H groups in total. The first kappa shape index (κ1) is 37.7. The maximum atomic E-state index is 13.3. The van der Waals surface area contributed by atoms with Crippen molar-refractivity contribution < 1.29 is 62.1 Å². The van der Waals surface area contributed by atoms with Gasteiger partial charge in [0.1, 0.15) is 0 Å². The van der Waals surface area contributed by atoms with Crippen molar-refractivity contribution in [1.82, 2.24) is 0 Å². The van der Waals surface area contributed by atoms with Crippen LogP contribution in [0.15, 0.2) is 67.7 Å². The molecule has 0 aliphatic carbocycles. The Morgan fingerprint density at radius 1 is 0.422 bits per heavy atom. The molecule has 4 aromatic rings. The maximum absolute atomic E-state index is 13.3. The van der Waals surface area contributed by atoms with E-state index < -0.39 is 87.7 Å². The number of rotatable bonds is 4. The monoisotopic (exact) mass is 726 g/mol. The van der Waals surface area contributed by atoms with Crippen molar-refractivity contribution in [2.75, 3.05) is 0 Å². The van der Waals surface area contributed by atoms with Crippen LogP contribution in [0.1, 0.15) is 38.8 Å². The second-order valence-electron chi connectivity index (χ2n) is 10.6. The smallest absolute Gasteiger partial charge is 0.0611 e. The van der Waals surface area contributed by atoms with Crippen molar-refractivity contribution in [1.29, 1.82) is 0 Å². The van der Waals surface area contributed by atoms with Crippen LogP contribution in [0.3, 0.4) is 0 Å². The van der Waals surface area contributed by atoms with Gasteiger partial charge < -0.3 is 13.8 Å². The largest absolute Gasteiger partial charge is 0.333 e. The Morgan fingerprint density at radius 2 is 0.644 bits per heavy atom. The zero-order valence-electron chi connectivity index (χ0n) is 24.3. The van der Waals surface area contributed by atoms with Crippen LogP contribution in [-0.2, 0) is 29.0 Å². The van der Waals surface area contributed by atoms with Gasteiger partial charge in [-0.3, -0.25) is 0 Å². The minimum atomic E-state index is -2.69. The molecule has 2 nitrogen and oxygen atoms in total. The molecule has 240 valence electrons. The molecular weight excluding hydrogens is 698 g/mol. The van der Waals surface area contributed by atoms with E-state index in [1.54, 1.807) is 0 Å².